The first-order valence-electron chi connectivity index (χ1n) is 4.99. The van der Waals surface area contributed by atoms with Gasteiger partial charge in [0, 0.05) is 5.69 Å². The van der Waals surface area contributed by atoms with Gasteiger partial charge in [-0.2, -0.15) is 0 Å². The Hall–Kier alpha value is -1.50. The van der Waals surface area contributed by atoms with Crippen LogP contribution in [0.15, 0.2) is 42.5 Å². The molecular formula is C13H15N. The lowest BCUT2D eigenvalue weighted by Gasteiger charge is -2.14. The fraction of sp³-hybridized carbons (Fsp3) is 0.231. The van der Waals surface area contributed by atoms with Crippen molar-refractivity contribution in [2.24, 2.45) is 5.92 Å². The van der Waals surface area contributed by atoms with Crippen molar-refractivity contribution in [1.29, 1.82) is 0 Å². The van der Waals surface area contributed by atoms with Crippen molar-refractivity contribution >= 4 is 11.3 Å². The van der Waals surface area contributed by atoms with E-state index in [2.05, 4.69) is 37.3 Å². The third-order valence-electron chi connectivity index (χ3n) is 2.56. The lowest BCUT2D eigenvalue weighted by atomic mass is 9.91. The molecule has 0 radical (unpaired) electrons. The maximum absolute atomic E-state index is 5.65. The summed E-state index contributed by atoms with van der Waals surface area (Å²) in [6.45, 7) is 2.24. The number of hydrogen-bond donors (Lipinski definition) is 1. The average molecular weight is 185 g/mol. The van der Waals surface area contributed by atoms with Crippen molar-refractivity contribution in [3.05, 3.63) is 48.1 Å². The summed E-state index contributed by atoms with van der Waals surface area (Å²) in [6.07, 6.45) is 7.69. The zero-order chi connectivity index (χ0) is 9.97. The molecule has 1 atom stereocenters. The molecule has 1 nitrogen and oxygen atoms in total. The Labute approximate surface area is 84.9 Å². The summed E-state index contributed by atoms with van der Waals surface area (Å²) in [5.41, 5.74) is 9.17. The highest BCUT2D eigenvalue weighted by molar-refractivity contribution is 5.69. The summed E-state index contributed by atoms with van der Waals surface area (Å²) < 4.78 is 0. The van der Waals surface area contributed by atoms with Crippen LogP contribution in [0.25, 0.3) is 5.57 Å². The Balaban J connectivity index is 2.27. The van der Waals surface area contributed by atoms with Gasteiger partial charge in [0.1, 0.15) is 0 Å². The van der Waals surface area contributed by atoms with Crippen molar-refractivity contribution in [1.82, 2.24) is 0 Å². The van der Waals surface area contributed by atoms with Gasteiger partial charge in [-0.05, 0) is 35.6 Å². The Morgan fingerprint density at radius 1 is 1.21 bits per heavy atom. The summed E-state index contributed by atoms with van der Waals surface area (Å²) in [6, 6.07) is 8.10. The summed E-state index contributed by atoms with van der Waals surface area (Å²) in [7, 11) is 0. The molecular weight excluding hydrogens is 170 g/mol. The van der Waals surface area contributed by atoms with Crippen molar-refractivity contribution in [2.45, 2.75) is 13.3 Å². The minimum atomic E-state index is 0.646. The van der Waals surface area contributed by atoms with Gasteiger partial charge in [-0.15, -0.1) is 0 Å². The van der Waals surface area contributed by atoms with E-state index in [1.807, 2.05) is 12.1 Å². The molecule has 1 aromatic rings. The maximum atomic E-state index is 5.65. The molecule has 0 fully saturated rings. The van der Waals surface area contributed by atoms with E-state index in [0.717, 1.165) is 12.1 Å². The maximum Gasteiger partial charge on any atom is 0.0314 e. The lowest BCUT2D eigenvalue weighted by molar-refractivity contribution is 0.749. The number of rotatable bonds is 1. The molecule has 0 heterocycles. The second-order valence-electron chi connectivity index (χ2n) is 3.88. The number of hydrogen-bond acceptors (Lipinski definition) is 1. The molecule has 1 aliphatic carbocycles. The molecule has 0 saturated heterocycles. The van der Waals surface area contributed by atoms with Crippen LogP contribution in [0.5, 0.6) is 0 Å². The number of anilines is 1. The summed E-state index contributed by atoms with van der Waals surface area (Å²) in [4.78, 5) is 0. The molecule has 2 rings (SSSR count). The number of nitrogen functional groups attached to an aromatic ring is 1. The Morgan fingerprint density at radius 2 is 1.93 bits per heavy atom. The van der Waals surface area contributed by atoms with Gasteiger partial charge in [0.2, 0.25) is 0 Å². The first-order chi connectivity index (χ1) is 6.75. The van der Waals surface area contributed by atoms with Gasteiger partial charge in [0.05, 0.1) is 0 Å². The highest BCUT2D eigenvalue weighted by Gasteiger charge is 2.07. The first-order valence-corrected chi connectivity index (χ1v) is 4.99. The SMILES string of the molecule is CC1C=CC=C(c2ccc(N)cc2)C1. The zero-order valence-electron chi connectivity index (χ0n) is 8.40. The van der Waals surface area contributed by atoms with Crippen molar-refractivity contribution in [3.8, 4) is 0 Å². The van der Waals surface area contributed by atoms with Gasteiger partial charge in [-0.25, -0.2) is 0 Å². The second-order valence-corrected chi connectivity index (χ2v) is 3.88. The summed E-state index contributed by atoms with van der Waals surface area (Å²) >= 11 is 0. The molecule has 1 heteroatoms. The Bertz CT molecular complexity index is 371. The van der Waals surface area contributed by atoms with Crippen LogP contribution < -0.4 is 5.73 Å². The fourth-order valence-electron chi connectivity index (χ4n) is 1.76. The van der Waals surface area contributed by atoms with E-state index in [-0.39, 0.29) is 0 Å². The van der Waals surface area contributed by atoms with Gasteiger partial charge in [0.25, 0.3) is 0 Å². The predicted molar refractivity (Wildman–Crippen MR) is 61.8 cm³/mol. The third kappa shape index (κ3) is 1.87. The van der Waals surface area contributed by atoms with E-state index in [0.29, 0.717) is 5.92 Å². The third-order valence-corrected chi connectivity index (χ3v) is 2.56. The van der Waals surface area contributed by atoms with E-state index in [9.17, 15) is 0 Å². The topological polar surface area (TPSA) is 26.0 Å². The molecule has 1 aliphatic rings. The minimum absolute atomic E-state index is 0.646. The number of benzene rings is 1. The molecule has 0 amide bonds. The van der Waals surface area contributed by atoms with Crippen LogP contribution >= 0.6 is 0 Å². The molecule has 0 bridgehead atoms. The average Bonchev–Trinajstić information content (AvgIpc) is 2.19. The van der Waals surface area contributed by atoms with Crippen LogP contribution in [0.3, 0.4) is 0 Å². The normalized spacial score (nSPS) is 20.6. The molecule has 1 aromatic carbocycles. The summed E-state index contributed by atoms with van der Waals surface area (Å²) in [5, 5.41) is 0. The van der Waals surface area contributed by atoms with Crippen LogP contribution in [0.4, 0.5) is 5.69 Å². The van der Waals surface area contributed by atoms with E-state index < -0.39 is 0 Å². The Morgan fingerprint density at radius 3 is 2.57 bits per heavy atom. The van der Waals surface area contributed by atoms with E-state index in [1.54, 1.807) is 0 Å². The minimum Gasteiger partial charge on any atom is -0.399 e. The molecule has 2 N–H and O–H groups in total. The van der Waals surface area contributed by atoms with Gasteiger partial charge >= 0.3 is 0 Å². The van der Waals surface area contributed by atoms with Gasteiger partial charge in [-0.3, -0.25) is 0 Å². The Kier molecular flexibility index (Phi) is 2.40. The molecule has 72 valence electrons. The van der Waals surface area contributed by atoms with Crippen molar-refractivity contribution in [2.75, 3.05) is 5.73 Å². The molecule has 0 spiro atoms. The van der Waals surface area contributed by atoms with Crippen LogP contribution in [0.2, 0.25) is 0 Å². The van der Waals surface area contributed by atoms with Gasteiger partial charge in [0.15, 0.2) is 0 Å². The zero-order valence-corrected chi connectivity index (χ0v) is 8.40. The molecule has 1 unspecified atom stereocenters. The van der Waals surface area contributed by atoms with Crippen LogP contribution in [-0.2, 0) is 0 Å². The van der Waals surface area contributed by atoms with E-state index in [1.165, 1.54) is 11.1 Å². The van der Waals surface area contributed by atoms with Gasteiger partial charge in [-0.1, -0.05) is 37.3 Å². The van der Waals surface area contributed by atoms with Crippen molar-refractivity contribution < 1.29 is 0 Å². The summed E-state index contributed by atoms with van der Waals surface area (Å²) in [5.74, 6) is 0.646. The fourth-order valence-corrected chi connectivity index (χ4v) is 1.76. The monoisotopic (exact) mass is 185 g/mol. The molecule has 0 saturated carbocycles. The van der Waals surface area contributed by atoms with Crippen LogP contribution in [-0.4, -0.2) is 0 Å². The van der Waals surface area contributed by atoms with Gasteiger partial charge < -0.3 is 5.73 Å². The van der Waals surface area contributed by atoms with E-state index >= 15 is 0 Å². The van der Waals surface area contributed by atoms with Crippen LogP contribution in [0, 0.1) is 5.92 Å². The predicted octanol–water partition coefficient (Wildman–Crippen LogP) is 3.25. The van der Waals surface area contributed by atoms with Crippen LogP contribution in [0.1, 0.15) is 18.9 Å². The van der Waals surface area contributed by atoms with E-state index in [4.69, 9.17) is 5.73 Å². The largest absolute Gasteiger partial charge is 0.399 e. The molecule has 14 heavy (non-hydrogen) atoms. The quantitative estimate of drug-likeness (QED) is 0.668. The highest BCUT2D eigenvalue weighted by Crippen LogP contribution is 2.27. The molecule has 0 aliphatic heterocycles. The molecule has 0 aromatic heterocycles. The highest BCUT2D eigenvalue weighted by atomic mass is 14.5. The second kappa shape index (κ2) is 3.70. The number of nitrogens with two attached hydrogens (primary N) is 1. The standard InChI is InChI=1S/C13H15N/c1-10-3-2-4-12(9-10)11-5-7-13(14)8-6-11/h2-8,10H,9,14H2,1H3. The van der Waals surface area contributed by atoms with Crippen molar-refractivity contribution in [3.63, 3.8) is 0 Å². The first kappa shape index (κ1) is 9.07. The lowest BCUT2D eigenvalue weighted by Crippen LogP contribution is -1.97. The smallest absolute Gasteiger partial charge is 0.0314 e. The number of allylic oxidation sites excluding steroid dienone is 4.